The second-order valence-electron chi connectivity index (χ2n) is 7.12. The number of carbonyl (C=O) groups excluding carboxylic acids is 1. The Labute approximate surface area is 158 Å². The van der Waals surface area contributed by atoms with Crippen molar-refractivity contribution < 1.29 is 9.53 Å². The largest absolute Gasteiger partial charge is 0.367 e. The standard InChI is InChI=1S/C20H25N3O2S/c1-15-12-23(13-18(25-15)16-7-11-26-14-16)19-17(6-5-8-21-19)20(24)22-9-3-2-4-10-22/h5-8,11,14-15,18H,2-4,9-10,12-13H2,1H3. The summed E-state index contributed by atoms with van der Waals surface area (Å²) in [5.41, 5.74) is 1.92. The van der Waals surface area contributed by atoms with Gasteiger partial charge in [0.15, 0.2) is 0 Å². The number of hydrogen-bond donors (Lipinski definition) is 0. The molecule has 5 nitrogen and oxygen atoms in total. The first-order valence-corrected chi connectivity index (χ1v) is 10.3. The molecule has 2 atom stereocenters. The molecule has 2 aromatic rings. The van der Waals surface area contributed by atoms with E-state index in [-0.39, 0.29) is 18.1 Å². The molecule has 0 aromatic carbocycles. The number of morpholine rings is 1. The monoisotopic (exact) mass is 371 g/mol. The minimum atomic E-state index is 0.0185. The number of rotatable bonds is 3. The second kappa shape index (κ2) is 7.76. The van der Waals surface area contributed by atoms with E-state index in [4.69, 9.17) is 4.74 Å². The SMILES string of the molecule is CC1CN(c2ncccc2C(=O)N2CCCCC2)CC(c2ccsc2)O1. The Bertz CT molecular complexity index is 743. The van der Waals surface area contributed by atoms with E-state index in [0.29, 0.717) is 5.56 Å². The molecule has 4 rings (SSSR count). The lowest BCUT2D eigenvalue weighted by atomic mass is 10.1. The van der Waals surface area contributed by atoms with Gasteiger partial charge in [-0.15, -0.1) is 0 Å². The summed E-state index contributed by atoms with van der Waals surface area (Å²) in [5, 5.41) is 4.22. The molecule has 0 aliphatic carbocycles. The third kappa shape index (κ3) is 3.62. The molecule has 2 fully saturated rings. The van der Waals surface area contributed by atoms with Gasteiger partial charge in [0.1, 0.15) is 11.9 Å². The zero-order valence-corrected chi connectivity index (χ0v) is 16.0. The molecule has 2 aromatic heterocycles. The average Bonchev–Trinajstić information content (AvgIpc) is 3.22. The minimum absolute atomic E-state index is 0.0185. The lowest BCUT2D eigenvalue weighted by molar-refractivity contribution is -0.0174. The highest BCUT2D eigenvalue weighted by atomic mass is 32.1. The first-order valence-electron chi connectivity index (χ1n) is 9.39. The van der Waals surface area contributed by atoms with Crippen molar-refractivity contribution in [2.75, 3.05) is 31.1 Å². The molecular formula is C20H25N3O2S. The fourth-order valence-corrected chi connectivity index (χ4v) is 4.55. The summed E-state index contributed by atoms with van der Waals surface area (Å²) in [5.74, 6) is 0.900. The van der Waals surface area contributed by atoms with E-state index in [1.165, 1.54) is 12.0 Å². The third-order valence-electron chi connectivity index (χ3n) is 5.14. The van der Waals surface area contributed by atoms with Gasteiger partial charge in [-0.3, -0.25) is 4.79 Å². The van der Waals surface area contributed by atoms with Crippen LogP contribution in [0.1, 0.15) is 48.2 Å². The Kier molecular flexibility index (Phi) is 5.22. The molecule has 2 aliphatic rings. The molecule has 0 spiro atoms. The number of pyridine rings is 1. The van der Waals surface area contributed by atoms with Crippen LogP contribution in [0.4, 0.5) is 5.82 Å². The molecule has 1 amide bonds. The first-order chi connectivity index (χ1) is 12.7. The van der Waals surface area contributed by atoms with Crippen LogP contribution in [0.3, 0.4) is 0 Å². The molecule has 0 N–H and O–H groups in total. The van der Waals surface area contributed by atoms with Crippen LogP contribution in [-0.4, -0.2) is 48.1 Å². The number of aromatic nitrogens is 1. The van der Waals surface area contributed by atoms with E-state index in [9.17, 15) is 4.79 Å². The molecule has 4 heterocycles. The molecule has 0 saturated carbocycles. The van der Waals surface area contributed by atoms with E-state index in [1.54, 1.807) is 17.5 Å². The van der Waals surface area contributed by atoms with E-state index in [0.717, 1.165) is 44.8 Å². The first kappa shape index (κ1) is 17.5. The van der Waals surface area contributed by atoms with Crippen molar-refractivity contribution in [1.82, 2.24) is 9.88 Å². The molecule has 6 heteroatoms. The summed E-state index contributed by atoms with van der Waals surface area (Å²) in [7, 11) is 0. The van der Waals surface area contributed by atoms with Gasteiger partial charge in [-0.2, -0.15) is 11.3 Å². The molecular weight excluding hydrogens is 346 g/mol. The van der Waals surface area contributed by atoms with Gasteiger partial charge in [-0.05, 0) is 60.7 Å². The van der Waals surface area contributed by atoms with Crippen molar-refractivity contribution >= 4 is 23.1 Å². The smallest absolute Gasteiger partial charge is 0.257 e. The Morgan fingerprint density at radius 2 is 2.08 bits per heavy atom. The van der Waals surface area contributed by atoms with Gasteiger partial charge in [-0.25, -0.2) is 4.98 Å². The van der Waals surface area contributed by atoms with E-state index < -0.39 is 0 Å². The van der Waals surface area contributed by atoms with Gasteiger partial charge in [-0.1, -0.05) is 0 Å². The van der Waals surface area contributed by atoms with Gasteiger partial charge in [0, 0.05) is 32.4 Å². The fraction of sp³-hybridized carbons (Fsp3) is 0.500. The molecule has 0 radical (unpaired) electrons. The van der Waals surface area contributed by atoms with Crippen molar-refractivity contribution in [3.63, 3.8) is 0 Å². The Morgan fingerprint density at radius 1 is 1.23 bits per heavy atom. The van der Waals surface area contributed by atoms with Crippen LogP contribution in [0.15, 0.2) is 35.2 Å². The molecule has 2 saturated heterocycles. The van der Waals surface area contributed by atoms with Crippen LogP contribution in [0.2, 0.25) is 0 Å². The number of anilines is 1. The summed E-state index contributed by atoms with van der Waals surface area (Å²) in [6.45, 7) is 5.26. The maximum atomic E-state index is 13.1. The summed E-state index contributed by atoms with van der Waals surface area (Å²) >= 11 is 1.68. The maximum Gasteiger partial charge on any atom is 0.257 e. The third-order valence-corrected chi connectivity index (χ3v) is 5.84. The maximum absolute atomic E-state index is 13.1. The van der Waals surface area contributed by atoms with Crippen molar-refractivity contribution in [3.05, 3.63) is 46.3 Å². The zero-order chi connectivity index (χ0) is 17.9. The molecule has 0 bridgehead atoms. The fourth-order valence-electron chi connectivity index (χ4n) is 3.85. The molecule has 138 valence electrons. The van der Waals surface area contributed by atoms with Gasteiger partial charge in [0.2, 0.25) is 0 Å². The quantitative estimate of drug-likeness (QED) is 0.825. The van der Waals surface area contributed by atoms with Gasteiger partial charge in [0.25, 0.3) is 5.91 Å². The number of nitrogens with zero attached hydrogens (tertiary/aromatic N) is 3. The number of piperidine rings is 1. The minimum Gasteiger partial charge on any atom is -0.367 e. The predicted octanol–water partition coefficient (Wildman–Crippen LogP) is 3.74. The summed E-state index contributed by atoms with van der Waals surface area (Å²) in [4.78, 5) is 21.9. The van der Waals surface area contributed by atoms with Crippen molar-refractivity contribution in [2.45, 2.75) is 38.4 Å². The number of amides is 1. The lowest BCUT2D eigenvalue weighted by Crippen LogP contribution is -2.44. The van der Waals surface area contributed by atoms with Crippen LogP contribution in [-0.2, 0) is 4.74 Å². The van der Waals surface area contributed by atoms with Crippen LogP contribution >= 0.6 is 11.3 Å². The number of ether oxygens (including phenoxy) is 1. The van der Waals surface area contributed by atoms with Crippen LogP contribution < -0.4 is 4.90 Å². The topological polar surface area (TPSA) is 45.7 Å². The van der Waals surface area contributed by atoms with Crippen LogP contribution in [0, 0.1) is 0 Å². The van der Waals surface area contributed by atoms with Gasteiger partial charge >= 0.3 is 0 Å². The van der Waals surface area contributed by atoms with Gasteiger partial charge < -0.3 is 14.5 Å². The van der Waals surface area contributed by atoms with Crippen molar-refractivity contribution in [3.8, 4) is 0 Å². The number of carbonyl (C=O) groups is 1. The lowest BCUT2D eigenvalue weighted by Gasteiger charge is -2.38. The normalized spacial score (nSPS) is 23.9. The Morgan fingerprint density at radius 3 is 2.85 bits per heavy atom. The summed E-state index contributed by atoms with van der Waals surface area (Å²) < 4.78 is 6.14. The summed E-state index contributed by atoms with van der Waals surface area (Å²) in [6, 6.07) is 5.89. The second-order valence-corrected chi connectivity index (χ2v) is 7.90. The zero-order valence-electron chi connectivity index (χ0n) is 15.1. The van der Waals surface area contributed by atoms with Crippen LogP contribution in [0.25, 0.3) is 0 Å². The number of likely N-dealkylation sites (tertiary alicyclic amines) is 1. The number of thiophene rings is 1. The highest BCUT2D eigenvalue weighted by Crippen LogP contribution is 2.31. The van der Waals surface area contributed by atoms with Crippen LogP contribution in [0.5, 0.6) is 0 Å². The van der Waals surface area contributed by atoms with E-state index in [1.807, 2.05) is 17.0 Å². The number of hydrogen-bond acceptors (Lipinski definition) is 5. The highest BCUT2D eigenvalue weighted by Gasteiger charge is 2.31. The molecule has 2 unspecified atom stereocenters. The van der Waals surface area contributed by atoms with E-state index >= 15 is 0 Å². The highest BCUT2D eigenvalue weighted by molar-refractivity contribution is 7.07. The van der Waals surface area contributed by atoms with Crippen molar-refractivity contribution in [2.24, 2.45) is 0 Å². The average molecular weight is 372 g/mol. The van der Waals surface area contributed by atoms with Gasteiger partial charge in [0.05, 0.1) is 11.7 Å². The predicted molar refractivity (Wildman–Crippen MR) is 104 cm³/mol. The van der Waals surface area contributed by atoms with E-state index in [2.05, 4.69) is 33.6 Å². The Balaban J connectivity index is 1.59. The molecule has 26 heavy (non-hydrogen) atoms. The molecule has 2 aliphatic heterocycles. The van der Waals surface area contributed by atoms with Crippen molar-refractivity contribution in [1.29, 1.82) is 0 Å². The summed E-state index contributed by atoms with van der Waals surface area (Å²) in [6.07, 6.45) is 5.29. The Hall–Kier alpha value is -1.92.